The van der Waals surface area contributed by atoms with E-state index in [9.17, 15) is 14.4 Å². The van der Waals surface area contributed by atoms with E-state index in [4.69, 9.17) is 9.47 Å². The van der Waals surface area contributed by atoms with Gasteiger partial charge in [0.25, 0.3) is 12.2 Å². The Bertz CT molecular complexity index is 452. The maximum Gasteiger partial charge on any atom is 0.366 e. The normalized spacial score (nSPS) is 31.1. The summed E-state index contributed by atoms with van der Waals surface area (Å²) in [6.07, 6.45) is 8.38. The van der Waals surface area contributed by atoms with Crippen LogP contribution in [0.2, 0.25) is 0 Å². The summed E-state index contributed by atoms with van der Waals surface area (Å²) < 4.78 is 10.6. The molecule has 2 fully saturated rings. The molecule has 136 valence electrons. The maximum absolute atomic E-state index is 12.5. The van der Waals surface area contributed by atoms with Crippen LogP contribution in [0.1, 0.15) is 64.7 Å². The molecule has 0 spiro atoms. The molecule has 2 aliphatic rings. The van der Waals surface area contributed by atoms with Crippen molar-refractivity contribution in [1.29, 1.82) is 0 Å². The average Bonchev–Trinajstić information content (AvgIpc) is 3.37. The Balaban J connectivity index is 2.03. The second-order valence-corrected chi connectivity index (χ2v) is 6.79. The summed E-state index contributed by atoms with van der Waals surface area (Å²) in [4.78, 5) is 35.0. The summed E-state index contributed by atoms with van der Waals surface area (Å²) in [6, 6.07) is 0. The van der Waals surface area contributed by atoms with E-state index >= 15 is 0 Å². The Morgan fingerprint density at radius 3 is 2.54 bits per heavy atom. The SMILES string of the molecule is CC1(OC=O)NCNC(=O)CCCCCCCC(C2CC2)OC1=O. The molecule has 2 atom stereocenters. The van der Waals surface area contributed by atoms with E-state index in [1.54, 1.807) is 0 Å². The number of carbonyl (C=O) groups is 3. The Morgan fingerprint density at radius 1 is 1.12 bits per heavy atom. The summed E-state index contributed by atoms with van der Waals surface area (Å²) in [5.74, 6) is -0.282. The number of ether oxygens (including phenoxy) is 2. The van der Waals surface area contributed by atoms with Gasteiger partial charge in [0.15, 0.2) is 0 Å². The Morgan fingerprint density at radius 2 is 1.83 bits per heavy atom. The molecule has 7 heteroatoms. The van der Waals surface area contributed by atoms with Crippen molar-refractivity contribution in [1.82, 2.24) is 10.6 Å². The second kappa shape index (κ2) is 9.01. The fourth-order valence-corrected chi connectivity index (χ4v) is 2.93. The highest BCUT2D eigenvalue weighted by Gasteiger charge is 2.41. The van der Waals surface area contributed by atoms with E-state index in [1.807, 2.05) is 0 Å². The highest BCUT2D eigenvalue weighted by Crippen LogP contribution is 2.37. The lowest BCUT2D eigenvalue weighted by Crippen LogP contribution is -2.56. The first-order valence-corrected chi connectivity index (χ1v) is 8.89. The van der Waals surface area contributed by atoms with Crippen LogP contribution in [0.3, 0.4) is 0 Å². The van der Waals surface area contributed by atoms with Gasteiger partial charge >= 0.3 is 5.97 Å². The van der Waals surface area contributed by atoms with Gasteiger partial charge in [0, 0.05) is 13.3 Å². The first kappa shape index (κ1) is 18.7. The van der Waals surface area contributed by atoms with Crippen molar-refractivity contribution in [2.45, 2.75) is 76.5 Å². The fourth-order valence-electron chi connectivity index (χ4n) is 2.93. The predicted octanol–water partition coefficient (Wildman–Crippen LogP) is 1.60. The van der Waals surface area contributed by atoms with Crippen molar-refractivity contribution >= 4 is 18.3 Å². The molecule has 2 N–H and O–H groups in total. The van der Waals surface area contributed by atoms with Crippen LogP contribution in [-0.2, 0) is 23.9 Å². The van der Waals surface area contributed by atoms with E-state index in [0.29, 0.717) is 12.3 Å². The van der Waals surface area contributed by atoms with Gasteiger partial charge in [-0.25, -0.2) is 4.79 Å². The van der Waals surface area contributed by atoms with Crippen LogP contribution >= 0.6 is 0 Å². The molecule has 1 heterocycles. The first-order valence-electron chi connectivity index (χ1n) is 8.89. The van der Waals surface area contributed by atoms with Crippen molar-refractivity contribution in [3.8, 4) is 0 Å². The van der Waals surface area contributed by atoms with Gasteiger partial charge < -0.3 is 14.8 Å². The molecule has 1 saturated heterocycles. The number of carbonyl (C=O) groups excluding carboxylic acids is 3. The molecule has 2 rings (SSSR count). The van der Waals surface area contributed by atoms with Crippen molar-refractivity contribution in [2.24, 2.45) is 5.92 Å². The lowest BCUT2D eigenvalue weighted by atomic mass is 10.0. The van der Waals surface area contributed by atoms with Crippen LogP contribution in [0.4, 0.5) is 0 Å². The number of hydrogen-bond acceptors (Lipinski definition) is 6. The van der Waals surface area contributed by atoms with Gasteiger partial charge in [0.2, 0.25) is 5.91 Å². The van der Waals surface area contributed by atoms with Crippen molar-refractivity contribution < 1.29 is 23.9 Å². The third-order valence-corrected chi connectivity index (χ3v) is 4.68. The van der Waals surface area contributed by atoms with Gasteiger partial charge in [-0.3, -0.25) is 14.9 Å². The van der Waals surface area contributed by atoms with Crippen molar-refractivity contribution in [2.75, 3.05) is 6.67 Å². The quantitative estimate of drug-likeness (QED) is 0.599. The molecule has 0 aromatic rings. The molecule has 0 aromatic heterocycles. The Kier molecular flexibility index (Phi) is 7.02. The van der Waals surface area contributed by atoms with Crippen LogP contribution in [0.5, 0.6) is 0 Å². The summed E-state index contributed by atoms with van der Waals surface area (Å²) in [7, 11) is 0. The molecule has 0 radical (unpaired) electrons. The zero-order valence-electron chi connectivity index (χ0n) is 14.3. The van der Waals surface area contributed by atoms with Crippen LogP contribution in [0.25, 0.3) is 0 Å². The molecule has 0 aromatic carbocycles. The number of esters is 1. The summed E-state index contributed by atoms with van der Waals surface area (Å²) >= 11 is 0. The molecule has 1 aliphatic heterocycles. The Labute approximate surface area is 142 Å². The van der Waals surface area contributed by atoms with Gasteiger partial charge in [-0.05, 0) is 38.0 Å². The number of nitrogens with one attached hydrogen (secondary N) is 2. The smallest absolute Gasteiger partial charge is 0.366 e. The topological polar surface area (TPSA) is 93.7 Å². The highest BCUT2D eigenvalue weighted by molar-refractivity contribution is 5.80. The number of amides is 1. The lowest BCUT2D eigenvalue weighted by Gasteiger charge is -2.29. The second-order valence-electron chi connectivity index (χ2n) is 6.79. The summed E-state index contributed by atoms with van der Waals surface area (Å²) in [5, 5.41) is 5.45. The molecule has 1 saturated carbocycles. The molecule has 7 nitrogen and oxygen atoms in total. The van der Waals surface area contributed by atoms with Gasteiger partial charge in [-0.1, -0.05) is 19.3 Å². The zero-order valence-corrected chi connectivity index (χ0v) is 14.3. The maximum atomic E-state index is 12.5. The van der Waals surface area contributed by atoms with E-state index < -0.39 is 11.7 Å². The van der Waals surface area contributed by atoms with E-state index in [1.165, 1.54) is 6.92 Å². The minimum absolute atomic E-state index is 0.0341. The highest BCUT2D eigenvalue weighted by atomic mass is 16.6. The lowest BCUT2D eigenvalue weighted by molar-refractivity contribution is -0.183. The van der Waals surface area contributed by atoms with Gasteiger partial charge in [-0.2, -0.15) is 0 Å². The molecule has 0 bridgehead atoms. The standard InChI is InChI=1S/C17H28N2O5/c1-17(23-12-20)16(22)24-14(13-9-10-13)7-5-3-2-4-6-8-15(21)18-11-19-17/h12-14,19H,2-11H2,1H3,(H,18,21). The van der Waals surface area contributed by atoms with Gasteiger partial charge in [0.1, 0.15) is 6.10 Å². The molecule has 1 aliphatic carbocycles. The Hall–Kier alpha value is -1.63. The number of cyclic esters (lactones) is 1. The van der Waals surface area contributed by atoms with E-state index in [0.717, 1.165) is 51.4 Å². The number of rotatable bonds is 3. The predicted molar refractivity (Wildman–Crippen MR) is 86.6 cm³/mol. The van der Waals surface area contributed by atoms with Crippen LogP contribution in [0.15, 0.2) is 0 Å². The monoisotopic (exact) mass is 340 g/mol. The zero-order chi connectivity index (χ0) is 17.4. The third kappa shape index (κ3) is 5.78. The summed E-state index contributed by atoms with van der Waals surface area (Å²) in [5.41, 5.74) is -1.59. The average molecular weight is 340 g/mol. The van der Waals surface area contributed by atoms with Gasteiger partial charge in [-0.15, -0.1) is 0 Å². The van der Waals surface area contributed by atoms with Crippen LogP contribution < -0.4 is 10.6 Å². The fraction of sp³-hybridized carbons (Fsp3) is 0.824. The van der Waals surface area contributed by atoms with Crippen molar-refractivity contribution in [3.05, 3.63) is 0 Å². The molecule has 2 unspecified atom stereocenters. The minimum Gasteiger partial charge on any atom is -0.458 e. The van der Waals surface area contributed by atoms with Crippen LogP contribution in [0, 0.1) is 5.92 Å². The first-order chi connectivity index (χ1) is 11.5. The van der Waals surface area contributed by atoms with Crippen LogP contribution in [-0.4, -0.2) is 36.8 Å². The molecule has 1 amide bonds. The largest absolute Gasteiger partial charge is 0.458 e. The van der Waals surface area contributed by atoms with Crippen molar-refractivity contribution in [3.63, 3.8) is 0 Å². The third-order valence-electron chi connectivity index (χ3n) is 4.68. The molecule has 24 heavy (non-hydrogen) atoms. The summed E-state index contributed by atoms with van der Waals surface area (Å²) in [6.45, 7) is 1.70. The molecular formula is C17H28N2O5. The number of hydrogen-bond donors (Lipinski definition) is 2. The molecular weight excluding hydrogens is 312 g/mol. The van der Waals surface area contributed by atoms with E-state index in [-0.39, 0.29) is 25.2 Å². The van der Waals surface area contributed by atoms with Gasteiger partial charge in [0.05, 0.1) is 6.67 Å². The van der Waals surface area contributed by atoms with E-state index in [2.05, 4.69) is 10.6 Å². The minimum atomic E-state index is -1.59.